The molecule has 0 aliphatic rings. The third-order valence-electron chi connectivity index (χ3n) is 5.13. The Kier molecular flexibility index (Phi) is 10.3. The van der Waals surface area contributed by atoms with E-state index in [2.05, 4.69) is 11.5 Å². The number of aromatic nitrogens is 1. The van der Waals surface area contributed by atoms with Crippen molar-refractivity contribution in [3.8, 4) is 0 Å². The Morgan fingerprint density at radius 1 is 1.00 bits per heavy atom. The molecule has 0 bridgehead atoms. The second-order valence-corrected chi connectivity index (χ2v) is 7.07. The van der Waals surface area contributed by atoms with E-state index < -0.39 is 0 Å². The summed E-state index contributed by atoms with van der Waals surface area (Å²) in [6.45, 7) is 6.32. The third-order valence-corrected chi connectivity index (χ3v) is 5.13. The van der Waals surface area contributed by atoms with Crippen LogP contribution in [0.15, 0.2) is 6.26 Å². The monoisotopic (exact) mass is 347 g/mol. The summed E-state index contributed by atoms with van der Waals surface area (Å²) < 4.78 is 7.10. The molecule has 1 heterocycles. The van der Waals surface area contributed by atoms with Gasteiger partial charge < -0.3 is 9.30 Å². The standard InChI is InChI=1S/C22H37NO2/c1-6-7-8-9-10-11-12-13-14-15-21(24)22-18(2)20(16-17-25-5)23(4)19(22)3/h16-17H,6-15H2,1-5H3/b17-16+. The van der Waals surface area contributed by atoms with E-state index in [4.69, 9.17) is 4.74 Å². The number of carbonyl (C=O) groups is 1. The van der Waals surface area contributed by atoms with Gasteiger partial charge in [0.25, 0.3) is 0 Å². The lowest BCUT2D eigenvalue weighted by atomic mass is 10.00. The van der Waals surface area contributed by atoms with E-state index in [1.165, 1.54) is 51.4 Å². The minimum atomic E-state index is 0.283. The fourth-order valence-corrected chi connectivity index (χ4v) is 3.50. The van der Waals surface area contributed by atoms with Crippen LogP contribution in [0.1, 0.15) is 98.4 Å². The lowest BCUT2D eigenvalue weighted by Crippen LogP contribution is -2.03. The molecule has 1 aromatic rings. The first-order valence-corrected chi connectivity index (χ1v) is 9.93. The maximum Gasteiger partial charge on any atom is 0.164 e. The second kappa shape index (κ2) is 11.9. The molecule has 25 heavy (non-hydrogen) atoms. The smallest absolute Gasteiger partial charge is 0.164 e. The minimum absolute atomic E-state index is 0.283. The van der Waals surface area contributed by atoms with Gasteiger partial charge in [-0.3, -0.25) is 4.79 Å². The number of methoxy groups -OCH3 is 1. The molecule has 0 N–H and O–H groups in total. The molecule has 0 amide bonds. The van der Waals surface area contributed by atoms with Crippen molar-refractivity contribution < 1.29 is 9.53 Å². The van der Waals surface area contributed by atoms with Gasteiger partial charge in [-0.1, -0.05) is 58.3 Å². The number of ketones is 1. The van der Waals surface area contributed by atoms with Crippen molar-refractivity contribution in [2.75, 3.05) is 7.11 Å². The van der Waals surface area contributed by atoms with Crippen LogP contribution in [0.5, 0.6) is 0 Å². The van der Waals surface area contributed by atoms with Crippen molar-refractivity contribution in [1.29, 1.82) is 0 Å². The SMILES string of the molecule is CCCCCCCCCCCC(=O)c1c(C)c(/C=C/OC)n(C)c1C. The molecule has 3 nitrogen and oxygen atoms in total. The number of hydrogen-bond donors (Lipinski definition) is 0. The van der Waals surface area contributed by atoms with Gasteiger partial charge in [0, 0.05) is 30.4 Å². The first-order chi connectivity index (χ1) is 12.0. The van der Waals surface area contributed by atoms with Gasteiger partial charge >= 0.3 is 0 Å². The molecule has 0 saturated heterocycles. The van der Waals surface area contributed by atoms with Crippen LogP contribution in [0.25, 0.3) is 6.08 Å². The Morgan fingerprint density at radius 3 is 2.12 bits per heavy atom. The van der Waals surface area contributed by atoms with Crippen LogP contribution in [0.4, 0.5) is 0 Å². The van der Waals surface area contributed by atoms with Crippen LogP contribution in [0.2, 0.25) is 0 Å². The van der Waals surface area contributed by atoms with Gasteiger partial charge in [-0.2, -0.15) is 0 Å². The molecular weight excluding hydrogens is 310 g/mol. The van der Waals surface area contributed by atoms with Gasteiger partial charge in [-0.15, -0.1) is 0 Å². The minimum Gasteiger partial charge on any atom is -0.504 e. The summed E-state index contributed by atoms with van der Waals surface area (Å²) in [7, 11) is 3.64. The number of Topliss-reactive ketones (excluding diaryl/α,β-unsaturated/α-hetero) is 1. The van der Waals surface area contributed by atoms with E-state index in [1.54, 1.807) is 13.4 Å². The van der Waals surface area contributed by atoms with Crippen LogP contribution in [0, 0.1) is 13.8 Å². The highest BCUT2D eigenvalue weighted by molar-refractivity contribution is 5.99. The predicted octanol–water partition coefficient (Wildman–Crippen LogP) is 6.36. The van der Waals surface area contributed by atoms with Gasteiger partial charge in [0.1, 0.15) is 0 Å². The summed E-state index contributed by atoms with van der Waals surface area (Å²) in [4.78, 5) is 12.7. The topological polar surface area (TPSA) is 31.2 Å². The average molecular weight is 348 g/mol. The van der Waals surface area contributed by atoms with Gasteiger partial charge in [0.05, 0.1) is 13.4 Å². The zero-order chi connectivity index (χ0) is 18.7. The Balaban J connectivity index is 2.42. The Bertz CT molecular complexity index is 555. The van der Waals surface area contributed by atoms with E-state index in [9.17, 15) is 4.79 Å². The van der Waals surface area contributed by atoms with Crippen molar-refractivity contribution in [2.24, 2.45) is 7.05 Å². The van der Waals surface area contributed by atoms with E-state index in [1.807, 2.05) is 27.0 Å². The van der Waals surface area contributed by atoms with E-state index >= 15 is 0 Å². The molecular formula is C22H37NO2. The van der Waals surface area contributed by atoms with Crippen LogP contribution in [-0.2, 0) is 11.8 Å². The number of carbonyl (C=O) groups excluding carboxylic acids is 1. The molecule has 0 aromatic carbocycles. The molecule has 142 valence electrons. The Labute approximate surface area is 154 Å². The molecule has 0 spiro atoms. The van der Waals surface area contributed by atoms with Gasteiger partial charge in [0.2, 0.25) is 0 Å². The first kappa shape index (κ1) is 21.5. The summed E-state index contributed by atoms with van der Waals surface area (Å²) >= 11 is 0. The Morgan fingerprint density at radius 2 is 1.56 bits per heavy atom. The van der Waals surface area contributed by atoms with E-state index in [-0.39, 0.29) is 5.78 Å². The maximum absolute atomic E-state index is 12.7. The predicted molar refractivity (Wildman–Crippen MR) is 107 cm³/mol. The molecule has 0 aliphatic heterocycles. The van der Waals surface area contributed by atoms with E-state index in [0.717, 1.165) is 28.9 Å². The molecule has 0 saturated carbocycles. The van der Waals surface area contributed by atoms with Crippen LogP contribution < -0.4 is 0 Å². The summed E-state index contributed by atoms with van der Waals surface area (Å²) in [5, 5.41) is 0. The summed E-state index contributed by atoms with van der Waals surface area (Å²) in [6, 6.07) is 0. The zero-order valence-electron chi connectivity index (χ0n) is 17.0. The normalized spacial score (nSPS) is 11.4. The van der Waals surface area contributed by atoms with Gasteiger partial charge in [-0.05, 0) is 31.9 Å². The van der Waals surface area contributed by atoms with Crippen molar-refractivity contribution in [3.63, 3.8) is 0 Å². The molecule has 0 atom stereocenters. The van der Waals surface area contributed by atoms with Gasteiger partial charge in [0.15, 0.2) is 5.78 Å². The number of nitrogens with zero attached hydrogens (tertiary/aromatic N) is 1. The highest BCUT2D eigenvalue weighted by Gasteiger charge is 2.19. The van der Waals surface area contributed by atoms with Crippen molar-refractivity contribution in [3.05, 3.63) is 28.8 Å². The van der Waals surface area contributed by atoms with Gasteiger partial charge in [-0.25, -0.2) is 0 Å². The molecule has 1 aromatic heterocycles. The number of hydrogen-bond acceptors (Lipinski definition) is 2. The summed E-state index contributed by atoms with van der Waals surface area (Å²) in [5.74, 6) is 0.283. The third kappa shape index (κ3) is 6.72. The van der Waals surface area contributed by atoms with Crippen LogP contribution >= 0.6 is 0 Å². The quantitative estimate of drug-likeness (QED) is 0.236. The maximum atomic E-state index is 12.7. The highest BCUT2D eigenvalue weighted by atomic mass is 16.5. The highest BCUT2D eigenvalue weighted by Crippen LogP contribution is 2.24. The van der Waals surface area contributed by atoms with Crippen molar-refractivity contribution in [2.45, 2.75) is 85.0 Å². The van der Waals surface area contributed by atoms with Crippen LogP contribution in [-0.4, -0.2) is 17.5 Å². The fraction of sp³-hybridized carbons (Fsp3) is 0.682. The zero-order valence-corrected chi connectivity index (χ0v) is 17.0. The summed E-state index contributed by atoms with van der Waals surface area (Å²) in [6.07, 6.45) is 15.8. The molecule has 0 unspecified atom stereocenters. The molecule has 0 radical (unpaired) electrons. The van der Waals surface area contributed by atoms with E-state index in [0.29, 0.717) is 6.42 Å². The Hall–Kier alpha value is -1.51. The molecule has 0 fully saturated rings. The largest absolute Gasteiger partial charge is 0.504 e. The van der Waals surface area contributed by atoms with Crippen LogP contribution in [0.3, 0.4) is 0 Å². The second-order valence-electron chi connectivity index (χ2n) is 7.07. The fourth-order valence-electron chi connectivity index (χ4n) is 3.50. The molecule has 1 rings (SSSR count). The lowest BCUT2D eigenvalue weighted by molar-refractivity contribution is 0.0978. The van der Waals surface area contributed by atoms with Crippen molar-refractivity contribution >= 4 is 11.9 Å². The lowest BCUT2D eigenvalue weighted by Gasteiger charge is -2.04. The molecule has 0 aliphatic carbocycles. The first-order valence-electron chi connectivity index (χ1n) is 9.93. The molecule has 3 heteroatoms. The number of unbranched alkanes of at least 4 members (excludes halogenated alkanes) is 8. The number of ether oxygens (including phenoxy) is 1. The number of rotatable bonds is 13. The van der Waals surface area contributed by atoms with Crippen molar-refractivity contribution in [1.82, 2.24) is 4.57 Å². The average Bonchev–Trinajstić information content (AvgIpc) is 2.81. The summed E-state index contributed by atoms with van der Waals surface area (Å²) in [5.41, 5.74) is 4.07.